The highest BCUT2D eigenvalue weighted by atomic mass is 16.5. The second-order valence-electron chi connectivity index (χ2n) is 4.78. The Kier molecular flexibility index (Phi) is 2.33. The van der Waals surface area contributed by atoms with Gasteiger partial charge in [0.25, 0.3) is 0 Å². The predicted molar refractivity (Wildman–Crippen MR) is 63.7 cm³/mol. The highest BCUT2D eigenvalue weighted by Crippen LogP contribution is 2.34. The van der Waals surface area contributed by atoms with E-state index in [0.29, 0.717) is 6.42 Å². The Morgan fingerprint density at radius 2 is 2.29 bits per heavy atom. The Labute approximate surface area is 100 Å². The SMILES string of the molecule is CN1C(=O)CC(N)C1c1ccc2c(c1)CCO2. The van der Waals surface area contributed by atoms with E-state index < -0.39 is 0 Å². The van der Waals surface area contributed by atoms with Gasteiger partial charge in [-0.05, 0) is 23.3 Å². The van der Waals surface area contributed by atoms with Gasteiger partial charge in [-0.1, -0.05) is 6.07 Å². The van der Waals surface area contributed by atoms with E-state index in [1.54, 1.807) is 4.90 Å². The lowest BCUT2D eigenvalue weighted by Gasteiger charge is -2.23. The molecule has 0 radical (unpaired) electrons. The van der Waals surface area contributed by atoms with Crippen molar-refractivity contribution < 1.29 is 9.53 Å². The minimum atomic E-state index is -0.104. The van der Waals surface area contributed by atoms with Gasteiger partial charge in [-0.3, -0.25) is 4.79 Å². The number of amides is 1. The zero-order valence-electron chi connectivity index (χ0n) is 9.85. The molecule has 0 bridgehead atoms. The van der Waals surface area contributed by atoms with Crippen molar-refractivity contribution in [1.82, 2.24) is 4.90 Å². The monoisotopic (exact) mass is 232 g/mol. The molecule has 90 valence electrons. The summed E-state index contributed by atoms with van der Waals surface area (Å²) in [6.07, 6.45) is 1.39. The van der Waals surface area contributed by atoms with Gasteiger partial charge in [0.2, 0.25) is 5.91 Å². The quantitative estimate of drug-likeness (QED) is 0.781. The van der Waals surface area contributed by atoms with Gasteiger partial charge in [0.05, 0.1) is 12.6 Å². The third-order valence-electron chi connectivity index (χ3n) is 3.68. The lowest BCUT2D eigenvalue weighted by Crippen LogP contribution is -2.30. The lowest BCUT2D eigenvalue weighted by atomic mass is 9.98. The Hall–Kier alpha value is -1.55. The van der Waals surface area contributed by atoms with E-state index in [-0.39, 0.29) is 18.0 Å². The number of fused-ring (bicyclic) bond motifs is 1. The summed E-state index contributed by atoms with van der Waals surface area (Å²) in [5.74, 6) is 1.09. The first-order valence-corrected chi connectivity index (χ1v) is 5.93. The highest BCUT2D eigenvalue weighted by Gasteiger charge is 2.36. The standard InChI is InChI=1S/C13H16N2O2/c1-15-12(16)7-10(14)13(15)9-2-3-11-8(6-9)4-5-17-11/h2-3,6,10,13H,4-5,7,14H2,1H3. The van der Waals surface area contributed by atoms with Crippen LogP contribution in [-0.2, 0) is 11.2 Å². The number of hydrogen-bond donors (Lipinski definition) is 1. The van der Waals surface area contributed by atoms with E-state index in [0.717, 1.165) is 24.3 Å². The molecule has 2 aliphatic rings. The van der Waals surface area contributed by atoms with Gasteiger partial charge in [0.1, 0.15) is 5.75 Å². The molecule has 17 heavy (non-hydrogen) atoms. The first-order chi connectivity index (χ1) is 8.16. The van der Waals surface area contributed by atoms with Crippen LogP contribution in [0.5, 0.6) is 5.75 Å². The molecule has 0 aromatic heterocycles. The fourth-order valence-electron chi connectivity index (χ4n) is 2.76. The summed E-state index contributed by atoms with van der Waals surface area (Å²) in [5.41, 5.74) is 8.39. The topological polar surface area (TPSA) is 55.6 Å². The number of rotatable bonds is 1. The third kappa shape index (κ3) is 1.60. The molecule has 4 heteroatoms. The summed E-state index contributed by atoms with van der Waals surface area (Å²) in [6.45, 7) is 0.754. The maximum Gasteiger partial charge on any atom is 0.224 e. The summed E-state index contributed by atoms with van der Waals surface area (Å²) >= 11 is 0. The van der Waals surface area contributed by atoms with E-state index >= 15 is 0 Å². The number of carbonyl (C=O) groups is 1. The zero-order valence-corrected chi connectivity index (χ0v) is 9.85. The van der Waals surface area contributed by atoms with Gasteiger partial charge in [-0.15, -0.1) is 0 Å². The summed E-state index contributed by atoms with van der Waals surface area (Å²) in [5, 5.41) is 0. The van der Waals surface area contributed by atoms with Crippen molar-refractivity contribution in [2.24, 2.45) is 5.73 Å². The number of nitrogens with zero attached hydrogens (tertiary/aromatic N) is 1. The molecule has 2 heterocycles. The van der Waals surface area contributed by atoms with Crippen molar-refractivity contribution in [3.8, 4) is 5.75 Å². The molecule has 1 fully saturated rings. The van der Waals surface area contributed by atoms with Crippen LogP contribution in [0.15, 0.2) is 18.2 Å². The number of ether oxygens (including phenoxy) is 1. The first kappa shape index (κ1) is 10.6. The Morgan fingerprint density at radius 3 is 3.00 bits per heavy atom. The highest BCUT2D eigenvalue weighted by molar-refractivity contribution is 5.80. The molecule has 4 nitrogen and oxygen atoms in total. The molecule has 0 spiro atoms. The summed E-state index contributed by atoms with van der Waals surface area (Å²) in [4.78, 5) is 13.4. The summed E-state index contributed by atoms with van der Waals surface area (Å²) in [6, 6.07) is 6.04. The number of likely N-dealkylation sites (N-methyl/N-ethyl adjacent to an activating group) is 1. The number of carbonyl (C=O) groups excluding carboxylic acids is 1. The molecular weight excluding hydrogens is 216 g/mol. The van der Waals surface area contributed by atoms with Crippen LogP contribution >= 0.6 is 0 Å². The largest absolute Gasteiger partial charge is 0.493 e. The molecule has 1 amide bonds. The van der Waals surface area contributed by atoms with E-state index in [4.69, 9.17) is 10.5 Å². The molecule has 0 saturated carbocycles. The van der Waals surface area contributed by atoms with Crippen molar-refractivity contribution in [2.45, 2.75) is 24.9 Å². The average Bonchev–Trinajstić information content (AvgIpc) is 2.84. The van der Waals surface area contributed by atoms with Crippen LogP contribution in [0.25, 0.3) is 0 Å². The smallest absolute Gasteiger partial charge is 0.224 e. The molecule has 2 unspecified atom stereocenters. The minimum Gasteiger partial charge on any atom is -0.493 e. The molecule has 3 rings (SSSR count). The second-order valence-corrected chi connectivity index (χ2v) is 4.78. The number of hydrogen-bond acceptors (Lipinski definition) is 3. The van der Waals surface area contributed by atoms with E-state index in [9.17, 15) is 4.79 Å². The third-order valence-corrected chi connectivity index (χ3v) is 3.68. The van der Waals surface area contributed by atoms with Crippen LogP contribution in [0.2, 0.25) is 0 Å². The summed E-state index contributed by atoms with van der Waals surface area (Å²) < 4.78 is 5.48. The molecule has 2 atom stereocenters. The van der Waals surface area contributed by atoms with Gasteiger partial charge in [-0.2, -0.15) is 0 Å². The molecule has 1 saturated heterocycles. The Balaban J connectivity index is 1.96. The zero-order chi connectivity index (χ0) is 12.0. The average molecular weight is 232 g/mol. The van der Waals surface area contributed by atoms with Gasteiger partial charge in [0, 0.05) is 25.9 Å². The maximum atomic E-state index is 11.6. The van der Waals surface area contributed by atoms with Crippen molar-refractivity contribution in [3.63, 3.8) is 0 Å². The predicted octanol–water partition coefficient (Wildman–Crippen LogP) is 0.852. The van der Waals surface area contributed by atoms with Crippen molar-refractivity contribution in [3.05, 3.63) is 29.3 Å². The molecule has 1 aromatic carbocycles. The molecule has 1 aromatic rings. The van der Waals surface area contributed by atoms with Crippen LogP contribution < -0.4 is 10.5 Å². The fourth-order valence-corrected chi connectivity index (χ4v) is 2.76. The lowest BCUT2D eigenvalue weighted by molar-refractivity contribution is -0.127. The second kappa shape index (κ2) is 3.74. The summed E-state index contributed by atoms with van der Waals surface area (Å²) in [7, 11) is 1.82. The van der Waals surface area contributed by atoms with Gasteiger partial charge in [0.15, 0.2) is 0 Å². The Bertz CT molecular complexity index is 472. The number of benzene rings is 1. The van der Waals surface area contributed by atoms with Gasteiger partial charge < -0.3 is 15.4 Å². The fraction of sp³-hybridized carbons (Fsp3) is 0.462. The maximum absolute atomic E-state index is 11.6. The van der Waals surface area contributed by atoms with Crippen LogP contribution in [0.4, 0.5) is 0 Å². The number of likely N-dealkylation sites (tertiary alicyclic amines) is 1. The van der Waals surface area contributed by atoms with E-state index in [2.05, 4.69) is 6.07 Å². The van der Waals surface area contributed by atoms with Gasteiger partial charge >= 0.3 is 0 Å². The van der Waals surface area contributed by atoms with E-state index in [1.165, 1.54) is 5.56 Å². The van der Waals surface area contributed by atoms with Gasteiger partial charge in [-0.25, -0.2) is 0 Å². The van der Waals surface area contributed by atoms with Crippen LogP contribution in [0.3, 0.4) is 0 Å². The van der Waals surface area contributed by atoms with Crippen LogP contribution in [0.1, 0.15) is 23.6 Å². The number of nitrogens with two attached hydrogens (primary N) is 1. The first-order valence-electron chi connectivity index (χ1n) is 5.93. The minimum absolute atomic E-state index is 0.00778. The Morgan fingerprint density at radius 1 is 1.47 bits per heavy atom. The molecule has 0 aliphatic carbocycles. The normalized spacial score (nSPS) is 27.2. The van der Waals surface area contributed by atoms with Crippen LogP contribution in [-0.4, -0.2) is 30.5 Å². The van der Waals surface area contributed by atoms with Crippen molar-refractivity contribution >= 4 is 5.91 Å². The van der Waals surface area contributed by atoms with Crippen LogP contribution in [0, 0.1) is 0 Å². The molecule has 2 N–H and O–H groups in total. The van der Waals surface area contributed by atoms with Crippen molar-refractivity contribution in [1.29, 1.82) is 0 Å². The molecule has 2 aliphatic heterocycles. The molecular formula is C13H16N2O2. The van der Waals surface area contributed by atoms with Crippen molar-refractivity contribution in [2.75, 3.05) is 13.7 Å². The van der Waals surface area contributed by atoms with E-state index in [1.807, 2.05) is 19.2 Å².